The molecule has 0 radical (unpaired) electrons. The number of hydrogen-bond donors (Lipinski definition) is 2. The minimum atomic E-state index is -6.68. The maximum absolute atomic E-state index is 13.5. The number of carbonyl (C=O) groups excluding carboxylic acids is 1. The highest BCUT2D eigenvalue weighted by atomic mass is 35.5. The van der Waals surface area contributed by atoms with E-state index in [0.29, 0.717) is 0 Å². The van der Waals surface area contributed by atoms with Crippen LogP contribution < -0.4 is 10.1 Å². The Kier molecular flexibility index (Phi) is 7.80. The summed E-state index contributed by atoms with van der Waals surface area (Å²) < 4.78 is 115. The largest absolute Gasteiger partial charge is 0.460 e. The monoisotopic (exact) mass is 553 g/mol. The molecule has 2 N–H and O–H groups in total. The number of hydrazone groups is 1. The molecule has 2 rings (SSSR count). The van der Waals surface area contributed by atoms with Crippen molar-refractivity contribution in [1.29, 1.82) is 0 Å². The number of nitrogens with zero attached hydrogens (tertiary/aromatic N) is 1. The molecule has 0 fully saturated rings. The molecule has 6 nitrogen and oxygen atoms in total. The number of alkyl halides is 7. The van der Waals surface area contributed by atoms with Gasteiger partial charge < -0.3 is 5.32 Å². The lowest BCUT2D eigenvalue weighted by Crippen LogP contribution is -2.57. The Morgan fingerprint density at radius 3 is 2.18 bits per heavy atom. The van der Waals surface area contributed by atoms with Crippen LogP contribution in [0.5, 0.6) is 0 Å². The van der Waals surface area contributed by atoms with Crippen LogP contribution in [0.2, 0.25) is 10.0 Å². The van der Waals surface area contributed by atoms with E-state index in [2.05, 4.69) is 5.10 Å². The fraction of sp³-hybridized carbons (Fsp3) is 0.222. The van der Waals surface area contributed by atoms with Crippen LogP contribution in [0.4, 0.5) is 36.4 Å². The van der Waals surface area contributed by atoms with E-state index in [-0.39, 0.29) is 21.3 Å². The van der Waals surface area contributed by atoms with Crippen molar-refractivity contribution in [1.82, 2.24) is 4.83 Å². The van der Waals surface area contributed by atoms with Crippen LogP contribution in [0.3, 0.4) is 0 Å². The Balaban J connectivity index is 2.25. The molecule has 0 bridgehead atoms. The fourth-order valence-electron chi connectivity index (χ4n) is 2.28. The Hall–Kier alpha value is -2.58. The van der Waals surface area contributed by atoms with E-state index in [1.165, 1.54) is 30.4 Å². The summed E-state index contributed by atoms with van der Waals surface area (Å²) in [6, 6.07) is 7.80. The molecule has 1 amide bonds. The average Bonchev–Trinajstić information content (AvgIpc) is 2.72. The van der Waals surface area contributed by atoms with Crippen molar-refractivity contribution in [3.05, 3.63) is 58.1 Å². The summed E-state index contributed by atoms with van der Waals surface area (Å²) in [4.78, 5) is 12.9. The SMILES string of the molecule is C/C(=N\NS(=O)(=O)c1cc(Cl)ccc1Cl)c1cccc(NC(=O)C(F)(F)C(F)(F)C(F)(F)F)c1. The fourth-order valence-corrected chi connectivity index (χ4v) is 3.90. The molecule has 0 atom stereocenters. The molecule has 0 aromatic heterocycles. The third-order valence-electron chi connectivity index (χ3n) is 4.09. The van der Waals surface area contributed by atoms with E-state index >= 15 is 0 Å². The van der Waals surface area contributed by atoms with Crippen molar-refractivity contribution in [2.75, 3.05) is 5.32 Å². The second-order valence-electron chi connectivity index (χ2n) is 6.55. The highest BCUT2D eigenvalue weighted by Gasteiger charge is 2.76. The first-order chi connectivity index (χ1) is 15.4. The molecular formula is C18H12Cl2F7N3O3S. The van der Waals surface area contributed by atoms with Crippen molar-refractivity contribution in [3.63, 3.8) is 0 Å². The molecule has 0 spiro atoms. The quantitative estimate of drug-likeness (QED) is 0.271. The lowest BCUT2D eigenvalue weighted by Gasteiger charge is -2.27. The summed E-state index contributed by atoms with van der Waals surface area (Å²) in [6.45, 7) is 1.25. The Morgan fingerprint density at radius 2 is 1.59 bits per heavy atom. The summed E-state index contributed by atoms with van der Waals surface area (Å²) in [7, 11) is -4.31. The minimum Gasteiger partial charge on any atom is -0.321 e. The number of benzene rings is 2. The van der Waals surface area contributed by atoms with Gasteiger partial charge in [0.25, 0.3) is 10.0 Å². The number of nitrogens with one attached hydrogen (secondary N) is 2. The third kappa shape index (κ3) is 5.73. The molecule has 0 aliphatic rings. The molecule has 0 saturated carbocycles. The van der Waals surface area contributed by atoms with Crippen molar-refractivity contribution in [2.24, 2.45) is 5.10 Å². The molecule has 0 aliphatic heterocycles. The second kappa shape index (κ2) is 9.58. The topological polar surface area (TPSA) is 87.6 Å². The summed E-state index contributed by atoms with van der Waals surface area (Å²) in [5.74, 6) is -15.6. The predicted octanol–water partition coefficient (Wildman–Crippen LogP) is 5.47. The summed E-state index contributed by atoms with van der Waals surface area (Å²) in [5, 5.41) is 4.76. The van der Waals surface area contributed by atoms with Gasteiger partial charge >= 0.3 is 23.9 Å². The van der Waals surface area contributed by atoms with Crippen molar-refractivity contribution < 1.29 is 43.9 Å². The zero-order valence-electron chi connectivity index (χ0n) is 16.5. The van der Waals surface area contributed by atoms with Gasteiger partial charge in [0.1, 0.15) is 4.90 Å². The van der Waals surface area contributed by atoms with Gasteiger partial charge in [-0.25, -0.2) is 0 Å². The van der Waals surface area contributed by atoms with Gasteiger partial charge in [0, 0.05) is 10.7 Å². The van der Waals surface area contributed by atoms with E-state index in [1.807, 2.05) is 4.83 Å². The first-order valence-electron chi connectivity index (χ1n) is 8.65. The van der Waals surface area contributed by atoms with Gasteiger partial charge in [-0.2, -0.15) is 49.1 Å². The molecule has 186 valence electrons. The van der Waals surface area contributed by atoms with Crippen LogP contribution in [0, 0.1) is 0 Å². The molecule has 2 aromatic carbocycles. The van der Waals surface area contributed by atoms with E-state index in [0.717, 1.165) is 24.3 Å². The van der Waals surface area contributed by atoms with Gasteiger partial charge in [0.15, 0.2) is 0 Å². The zero-order chi connectivity index (χ0) is 26.1. The maximum Gasteiger partial charge on any atom is 0.460 e. The smallest absolute Gasteiger partial charge is 0.321 e. The third-order valence-corrected chi connectivity index (χ3v) is 6.02. The molecule has 0 unspecified atom stereocenters. The van der Waals surface area contributed by atoms with Gasteiger partial charge in [0.2, 0.25) is 0 Å². The summed E-state index contributed by atoms with van der Waals surface area (Å²) >= 11 is 11.6. The lowest BCUT2D eigenvalue weighted by atomic mass is 10.1. The number of halogens is 9. The van der Waals surface area contributed by atoms with Gasteiger partial charge in [-0.3, -0.25) is 4.79 Å². The van der Waals surface area contributed by atoms with Crippen LogP contribution in [0.1, 0.15) is 12.5 Å². The zero-order valence-corrected chi connectivity index (χ0v) is 18.9. The van der Waals surface area contributed by atoms with Crippen molar-refractivity contribution in [2.45, 2.75) is 29.8 Å². The highest BCUT2D eigenvalue weighted by Crippen LogP contribution is 2.46. The Labute approximate surface area is 197 Å². The number of amides is 1. The predicted molar refractivity (Wildman–Crippen MR) is 110 cm³/mol. The molecule has 34 heavy (non-hydrogen) atoms. The van der Waals surface area contributed by atoms with Crippen LogP contribution in [-0.4, -0.2) is 38.1 Å². The van der Waals surface area contributed by atoms with E-state index < -0.39 is 44.5 Å². The van der Waals surface area contributed by atoms with Crippen LogP contribution in [-0.2, 0) is 14.8 Å². The number of sulfonamides is 1. The average molecular weight is 554 g/mol. The summed E-state index contributed by atoms with van der Waals surface area (Å²) in [5.41, 5.74) is -0.704. The van der Waals surface area contributed by atoms with Crippen molar-refractivity contribution in [3.8, 4) is 0 Å². The normalized spacial score (nSPS) is 13.5. The van der Waals surface area contributed by atoms with Gasteiger partial charge in [0.05, 0.1) is 10.7 Å². The molecule has 0 heterocycles. The van der Waals surface area contributed by atoms with Crippen molar-refractivity contribution >= 4 is 50.5 Å². The molecule has 16 heteroatoms. The second-order valence-corrected chi connectivity index (χ2v) is 9.02. The van der Waals surface area contributed by atoms with E-state index in [4.69, 9.17) is 23.2 Å². The Morgan fingerprint density at radius 1 is 0.971 bits per heavy atom. The first-order valence-corrected chi connectivity index (χ1v) is 10.9. The van der Waals surface area contributed by atoms with Crippen LogP contribution >= 0.6 is 23.2 Å². The minimum absolute atomic E-state index is 0.0106. The Bertz CT molecular complexity index is 1240. The van der Waals surface area contributed by atoms with Crippen LogP contribution in [0.15, 0.2) is 52.5 Å². The standard InChI is InChI=1S/C18H12Cl2F7N3O3S/c1-9(29-30-34(32,33)14-8-11(19)5-6-13(14)20)10-3-2-4-12(7-10)28-15(31)16(21,22)17(23,24)18(25,26)27/h2-8,30H,1H3,(H,28,31)/b29-9+. The number of anilines is 1. The van der Waals surface area contributed by atoms with E-state index in [9.17, 15) is 43.9 Å². The number of rotatable bonds is 7. The molecular weight excluding hydrogens is 542 g/mol. The molecule has 2 aromatic rings. The maximum atomic E-state index is 13.5. The highest BCUT2D eigenvalue weighted by molar-refractivity contribution is 7.89. The summed E-state index contributed by atoms with van der Waals surface area (Å²) in [6.07, 6.45) is -6.68. The van der Waals surface area contributed by atoms with Gasteiger partial charge in [-0.15, -0.1) is 0 Å². The molecule has 0 saturated heterocycles. The molecule has 0 aliphatic carbocycles. The lowest BCUT2D eigenvalue weighted by molar-refractivity contribution is -0.343. The first kappa shape index (κ1) is 27.7. The van der Waals surface area contributed by atoms with Gasteiger partial charge in [-0.05, 0) is 42.8 Å². The van der Waals surface area contributed by atoms with Gasteiger partial charge in [-0.1, -0.05) is 35.3 Å². The van der Waals surface area contributed by atoms with E-state index in [1.54, 1.807) is 0 Å². The number of hydrogen-bond acceptors (Lipinski definition) is 4. The van der Waals surface area contributed by atoms with Crippen LogP contribution in [0.25, 0.3) is 0 Å². The number of carbonyl (C=O) groups is 1.